The van der Waals surface area contributed by atoms with E-state index in [1.165, 1.54) is 5.56 Å². The largest absolute Gasteiger partial charge is 0.495 e. The summed E-state index contributed by atoms with van der Waals surface area (Å²) in [4.78, 5) is 14.4. The topological polar surface area (TPSA) is 41.6 Å². The Bertz CT molecular complexity index is 469. The third-order valence-electron chi connectivity index (χ3n) is 4.03. The van der Waals surface area contributed by atoms with Crippen LogP contribution in [0.5, 0.6) is 5.75 Å². The van der Waals surface area contributed by atoms with Crippen molar-refractivity contribution in [2.24, 2.45) is 5.92 Å². The van der Waals surface area contributed by atoms with Gasteiger partial charge in [0.25, 0.3) is 0 Å². The molecule has 1 amide bonds. The van der Waals surface area contributed by atoms with Crippen molar-refractivity contribution in [3.05, 3.63) is 23.8 Å². The Morgan fingerprint density at radius 3 is 3.00 bits per heavy atom. The van der Waals surface area contributed by atoms with Crippen LogP contribution in [0.1, 0.15) is 18.4 Å². The summed E-state index contributed by atoms with van der Waals surface area (Å²) in [5, 5.41) is 3.22. The number of fused-ring (bicyclic) bond motifs is 1. The number of benzene rings is 1. The molecule has 1 aromatic rings. The molecule has 0 aromatic heterocycles. The number of ether oxygens (including phenoxy) is 1. The van der Waals surface area contributed by atoms with E-state index in [1.807, 2.05) is 17.0 Å². The number of hydrogen-bond donors (Lipinski definition) is 1. The van der Waals surface area contributed by atoms with Crippen molar-refractivity contribution in [2.45, 2.75) is 19.3 Å². The maximum absolute atomic E-state index is 12.5. The van der Waals surface area contributed by atoms with Crippen LogP contribution in [0.25, 0.3) is 0 Å². The Morgan fingerprint density at radius 1 is 1.47 bits per heavy atom. The van der Waals surface area contributed by atoms with Gasteiger partial charge in [0.15, 0.2) is 0 Å². The average Bonchev–Trinajstić information content (AvgIpc) is 2.41. The highest BCUT2D eigenvalue weighted by atomic mass is 16.5. The molecule has 4 heteroatoms. The lowest BCUT2D eigenvalue weighted by Crippen LogP contribution is -2.46. The van der Waals surface area contributed by atoms with Crippen molar-refractivity contribution in [2.75, 3.05) is 31.6 Å². The summed E-state index contributed by atoms with van der Waals surface area (Å²) in [5.74, 6) is 1.56. The van der Waals surface area contributed by atoms with Crippen molar-refractivity contribution in [3.63, 3.8) is 0 Å². The predicted octanol–water partition coefficient (Wildman–Crippen LogP) is 1.58. The van der Waals surface area contributed by atoms with Crippen LogP contribution >= 0.6 is 0 Å². The third-order valence-corrected chi connectivity index (χ3v) is 4.03. The second-order valence-electron chi connectivity index (χ2n) is 5.35. The van der Waals surface area contributed by atoms with Gasteiger partial charge in [0, 0.05) is 13.0 Å². The first-order chi connectivity index (χ1) is 9.29. The highest BCUT2D eigenvalue weighted by molar-refractivity contribution is 5.96. The number of carbonyl (C=O) groups excluding carboxylic acids is 1. The van der Waals surface area contributed by atoms with Crippen LogP contribution in [0.3, 0.4) is 0 Å². The maximum Gasteiger partial charge on any atom is 0.227 e. The number of anilines is 1. The van der Waals surface area contributed by atoms with Crippen molar-refractivity contribution < 1.29 is 9.53 Å². The molecule has 1 N–H and O–H groups in total. The fourth-order valence-electron chi connectivity index (χ4n) is 2.88. The molecule has 0 atom stereocenters. The fraction of sp³-hybridized carbons (Fsp3) is 0.533. The van der Waals surface area contributed by atoms with Crippen LogP contribution in [0.2, 0.25) is 0 Å². The number of carbonyl (C=O) groups is 1. The zero-order chi connectivity index (χ0) is 13.2. The summed E-state index contributed by atoms with van der Waals surface area (Å²) in [7, 11) is 1.67. The Kier molecular flexibility index (Phi) is 3.42. The number of methoxy groups -OCH3 is 1. The number of nitrogens with zero attached hydrogens (tertiary/aromatic N) is 1. The molecule has 0 spiro atoms. The van der Waals surface area contributed by atoms with Crippen LogP contribution in [0.4, 0.5) is 5.69 Å². The maximum atomic E-state index is 12.5. The lowest BCUT2D eigenvalue weighted by atomic mass is 9.96. The molecular formula is C15H20N2O2. The van der Waals surface area contributed by atoms with Crippen LogP contribution < -0.4 is 15.0 Å². The summed E-state index contributed by atoms with van der Waals surface area (Å²) < 4.78 is 5.43. The third kappa shape index (κ3) is 2.32. The Balaban J connectivity index is 1.85. The van der Waals surface area contributed by atoms with Crippen molar-refractivity contribution in [1.29, 1.82) is 0 Å². The lowest BCUT2D eigenvalue weighted by Gasteiger charge is -2.34. The van der Waals surface area contributed by atoms with E-state index in [1.54, 1.807) is 7.11 Å². The Hall–Kier alpha value is -1.55. The highest BCUT2D eigenvalue weighted by Crippen LogP contribution is 2.36. The smallest absolute Gasteiger partial charge is 0.227 e. The molecule has 2 aliphatic rings. The van der Waals surface area contributed by atoms with Gasteiger partial charge in [0.05, 0.1) is 12.8 Å². The molecule has 0 unspecified atom stereocenters. The number of aryl methyl sites for hydroxylation is 1. The van der Waals surface area contributed by atoms with E-state index >= 15 is 0 Å². The van der Waals surface area contributed by atoms with E-state index in [2.05, 4.69) is 11.4 Å². The number of nitrogens with one attached hydrogen (secondary N) is 1. The van der Waals surface area contributed by atoms with Gasteiger partial charge in [-0.15, -0.1) is 0 Å². The second kappa shape index (κ2) is 5.21. The molecule has 19 heavy (non-hydrogen) atoms. The van der Waals surface area contributed by atoms with Gasteiger partial charge in [-0.05, 0) is 43.5 Å². The van der Waals surface area contributed by atoms with E-state index < -0.39 is 0 Å². The summed E-state index contributed by atoms with van der Waals surface area (Å²) in [6, 6.07) is 6.04. The molecule has 102 valence electrons. The standard InChI is InChI=1S/C15H20N2O2/c1-19-13-6-2-4-12-5-3-7-17(15(12)13)14(18)8-11-9-16-10-11/h2,4,6,11,16H,3,5,7-10H2,1H3. The minimum Gasteiger partial charge on any atom is -0.495 e. The summed E-state index contributed by atoms with van der Waals surface area (Å²) in [6.07, 6.45) is 2.71. The number of hydrogen-bond acceptors (Lipinski definition) is 3. The molecule has 4 nitrogen and oxygen atoms in total. The molecule has 1 aromatic carbocycles. The van der Waals surface area contributed by atoms with Crippen LogP contribution in [0, 0.1) is 5.92 Å². The predicted molar refractivity (Wildman–Crippen MR) is 74.6 cm³/mol. The summed E-state index contributed by atoms with van der Waals surface area (Å²) in [6.45, 7) is 2.75. The normalized spacial score (nSPS) is 18.7. The minimum absolute atomic E-state index is 0.233. The molecular weight excluding hydrogens is 240 g/mol. The van der Waals surface area contributed by atoms with Gasteiger partial charge < -0.3 is 15.0 Å². The van der Waals surface area contributed by atoms with Gasteiger partial charge >= 0.3 is 0 Å². The number of para-hydroxylation sites is 1. The molecule has 0 saturated carbocycles. The average molecular weight is 260 g/mol. The molecule has 1 saturated heterocycles. The molecule has 2 heterocycles. The van der Waals surface area contributed by atoms with Crippen molar-refractivity contribution in [3.8, 4) is 5.75 Å². The van der Waals surface area contributed by atoms with Crippen LogP contribution in [-0.2, 0) is 11.2 Å². The van der Waals surface area contributed by atoms with E-state index in [-0.39, 0.29) is 5.91 Å². The molecule has 1 fully saturated rings. The van der Waals surface area contributed by atoms with Gasteiger partial charge in [-0.3, -0.25) is 4.79 Å². The fourth-order valence-corrected chi connectivity index (χ4v) is 2.88. The van der Waals surface area contributed by atoms with Gasteiger partial charge in [-0.1, -0.05) is 12.1 Å². The van der Waals surface area contributed by atoms with Gasteiger partial charge in [0.1, 0.15) is 5.75 Å². The number of amides is 1. The van der Waals surface area contributed by atoms with Gasteiger partial charge in [-0.25, -0.2) is 0 Å². The van der Waals surface area contributed by atoms with Crippen molar-refractivity contribution in [1.82, 2.24) is 5.32 Å². The Morgan fingerprint density at radius 2 is 2.32 bits per heavy atom. The molecule has 0 radical (unpaired) electrons. The quantitative estimate of drug-likeness (QED) is 0.897. The molecule has 3 rings (SSSR count). The van der Waals surface area contributed by atoms with E-state index in [4.69, 9.17) is 4.74 Å². The van der Waals surface area contributed by atoms with Gasteiger partial charge in [-0.2, -0.15) is 0 Å². The first kappa shape index (κ1) is 12.5. The van der Waals surface area contributed by atoms with E-state index in [0.717, 1.165) is 43.9 Å². The highest BCUT2D eigenvalue weighted by Gasteiger charge is 2.29. The van der Waals surface area contributed by atoms with Crippen LogP contribution in [0.15, 0.2) is 18.2 Å². The van der Waals surface area contributed by atoms with E-state index in [0.29, 0.717) is 12.3 Å². The minimum atomic E-state index is 0.233. The lowest BCUT2D eigenvalue weighted by molar-refractivity contribution is -0.120. The zero-order valence-electron chi connectivity index (χ0n) is 11.3. The molecule has 0 aliphatic carbocycles. The second-order valence-corrected chi connectivity index (χ2v) is 5.35. The zero-order valence-corrected chi connectivity index (χ0v) is 11.3. The first-order valence-corrected chi connectivity index (χ1v) is 6.96. The monoisotopic (exact) mass is 260 g/mol. The van der Waals surface area contributed by atoms with Crippen molar-refractivity contribution >= 4 is 11.6 Å². The van der Waals surface area contributed by atoms with E-state index in [9.17, 15) is 4.79 Å². The number of rotatable bonds is 3. The van der Waals surface area contributed by atoms with Crippen LogP contribution in [-0.4, -0.2) is 32.7 Å². The van der Waals surface area contributed by atoms with Gasteiger partial charge in [0.2, 0.25) is 5.91 Å². The molecule has 2 aliphatic heterocycles. The summed E-state index contributed by atoms with van der Waals surface area (Å²) >= 11 is 0. The SMILES string of the molecule is COc1cccc2c1N(C(=O)CC1CNC1)CCC2. The Labute approximate surface area is 113 Å². The first-order valence-electron chi connectivity index (χ1n) is 6.96. The molecule has 0 bridgehead atoms. The summed E-state index contributed by atoms with van der Waals surface area (Å²) in [5.41, 5.74) is 2.22.